The van der Waals surface area contributed by atoms with Crippen molar-refractivity contribution in [3.63, 3.8) is 0 Å². The number of unbranched alkanes of at least 4 members (excludes halogenated alkanes) is 45. The van der Waals surface area contributed by atoms with Crippen molar-refractivity contribution in [1.29, 1.82) is 0 Å². The first-order valence-corrected chi connectivity index (χ1v) is 45.2. The highest BCUT2D eigenvalue weighted by atomic mass is 31.2. The van der Waals surface area contributed by atoms with Crippen LogP contribution in [0.2, 0.25) is 0 Å². The second kappa shape index (κ2) is 71.0. The molecule has 101 heavy (non-hydrogen) atoms. The van der Waals surface area contributed by atoms with Crippen LogP contribution in [-0.2, 0) is 65.4 Å². The minimum Gasteiger partial charge on any atom is -0.462 e. The van der Waals surface area contributed by atoms with E-state index in [1.54, 1.807) is 0 Å². The summed E-state index contributed by atoms with van der Waals surface area (Å²) in [5.74, 6) is 0.932. The quantitative estimate of drug-likeness (QED) is 0.0222. The molecule has 0 aliphatic rings. The standard InChI is InChI=1S/C82H160O17P2/c1-72(2)58-50-42-34-28-23-19-15-11-9-10-12-18-22-26-32-38-48-56-64-81(86)98-77(68-92-79(84)62-54-46-37-31-25-21-17-14-13-16-20-24-29-35-43-51-59-73(3)4)70-96-100(88,89)94-66-76(83)67-95-101(90,91)97-71-78(69-93-80(85)63-55-47-41-40-45-53-61-75(7)8)99-82(87)65-57-49-39-33-27-30-36-44-52-60-74(5)6/h72-78,83H,9-71H2,1-8H3,(H,88,89)(H,90,91)/t76-,77-,78-/m1/s1. The second-order valence-corrected chi connectivity index (χ2v) is 34.3. The third kappa shape index (κ3) is 76.1. The number of carbonyl (C=O) groups excluding carboxylic acids is 4. The number of hydrogen-bond acceptors (Lipinski definition) is 15. The molecule has 0 saturated heterocycles. The number of esters is 4. The molecule has 3 N–H and O–H groups in total. The molecule has 0 fully saturated rings. The van der Waals surface area contributed by atoms with Crippen LogP contribution >= 0.6 is 15.6 Å². The van der Waals surface area contributed by atoms with E-state index in [1.165, 1.54) is 218 Å². The Morgan fingerprint density at radius 3 is 0.614 bits per heavy atom. The highest BCUT2D eigenvalue weighted by Crippen LogP contribution is 2.45. The SMILES string of the molecule is CC(C)CCCCCCCCCCCCCCCCCCCCC(=O)O[C@H](COC(=O)CCCCCCCCCCCCCCCCCCC(C)C)COP(=O)(O)OC[C@@H](O)COP(=O)(O)OC[C@@H](COC(=O)CCCCCCCCC(C)C)OC(=O)CCCCCCCCCCCC(C)C. The monoisotopic (exact) mass is 1480 g/mol. The molecule has 0 aliphatic heterocycles. The zero-order valence-corrected chi connectivity index (χ0v) is 68.3. The summed E-state index contributed by atoms with van der Waals surface area (Å²) in [5, 5.41) is 10.6. The van der Waals surface area contributed by atoms with Crippen LogP contribution in [0.4, 0.5) is 0 Å². The molecule has 0 rings (SSSR count). The lowest BCUT2D eigenvalue weighted by Crippen LogP contribution is -2.30. The summed E-state index contributed by atoms with van der Waals surface area (Å²) in [5.41, 5.74) is 0. The largest absolute Gasteiger partial charge is 0.472 e. The molecular formula is C82H160O17P2. The molecule has 0 bridgehead atoms. The number of ether oxygens (including phenoxy) is 4. The summed E-state index contributed by atoms with van der Waals surface area (Å²) in [7, 11) is -9.92. The Balaban J connectivity index is 5.20. The highest BCUT2D eigenvalue weighted by Gasteiger charge is 2.30. The van der Waals surface area contributed by atoms with Gasteiger partial charge in [0.1, 0.15) is 19.3 Å². The summed E-state index contributed by atoms with van der Waals surface area (Å²) in [4.78, 5) is 73.0. The maximum absolute atomic E-state index is 13.1. The fraction of sp³-hybridized carbons (Fsp3) is 0.951. The second-order valence-electron chi connectivity index (χ2n) is 31.4. The summed E-state index contributed by atoms with van der Waals surface area (Å²) in [6, 6.07) is 0. The van der Waals surface area contributed by atoms with Gasteiger partial charge in [-0.15, -0.1) is 0 Å². The molecule has 0 aromatic carbocycles. The van der Waals surface area contributed by atoms with Gasteiger partial charge in [0.2, 0.25) is 0 Å². The van der Waals surface area contributed by atoms with E-state index in [0.29, 0.717) is 31.6 Å². The highest BCUT2D eigenvalue weighted by molar-refractivity contribution is 7.47. The van der Waals surface area contributed by atoms with Gasteiger partial charge in [-0.25, -0.2) is 9.13 Å². The Hall–Kier alpha value is -1.94. The lowest BCUT2D eigenvalue weighted by atomic mass is 10.0. The molecule has 0 aromatic rings. The topological polar surface area (TPSA) is 237 Å². The zero-order chi connectivity index (χ0) is 74.6. The molecule has 0 aromatic heterocycles. The molecule has 0 aliphatic carbocycles. The predicted octanol–water partition coefficient (Wildman–Crippen LogP) is 24.4. The summed E-state index contributed by atoms with van der Waals surface area (Å²) in [6.07, 6.45) is 58.6. The van der Waals surface area contributed by atoms with E-state index >= 15 is 0 Å². The average Bonchev–Trinajstić information content (AvgIpc) is 1.15. The first-order chi connectivity index (χ1) is 48.6. The van der Waals surface area contributed by atoms with Crippen molar-refractivity contribution in [3.05, 3.63) is 0 Å². The Kier molecular flexibility index (Phi) is 69.6. The molecule has 0 spiro atoms. The van der Waals surface area contributed by atoms with Gasteiger partial charge in [0, 0.05) is 25.7 Å². The minimum absolute atomic E-state index is 0.104. The molecular weight excluding hydrogens is 1320 g/mol. The molecule has 0 radical (unpaired) electrons. The van der Waals surface area contributed by atoms with E-state index < -0.39 is 97.5 Å². The molecule has 0 saturated carbocycles. The molecule has 19 heteroatoms. The number of carbonyl (C=O) groups is 4. The zero-order valence-electron chi connectivity index (χ0n) is 66.5. The molecule has 0 amide bonds. The van der Waals surface area contributed by atoms with Gasteiger partial charge < -0.3 is 33.8 Å². The summed E-state index contributed by atoms with van der Waals surface area (Å²) in [6.45, 7) is 14.2. The van der Waals surface area contributed by atoms with E-state index in [1.807, 2.05) is 0 Å². The number of phosphoric acid groups is 2. The van der Waals surface area contributed by atoms with E-state index in [4.69, 9.17) is 37.0 Å². The number of aliphatic hydroxyl groups is 1. The molecule has 2 unspecified atom stereocenters. The Labute approximate surface area is 619 Å². The van der Waals surface area contributed by atoms with Crippen molar-refractivity contribution in [2.45, 2.75) is 440 Å². The van der Waals surface area contributed by atoms with Gasteiger partial charge in [-0.2, -0.15) is 0 Å². The Bertz CT molecular complexity index is 1970. The first kappa shape index (κ1) is 99.1. The van der Waals surface area contributed by atoms with Crippen molar-refractivity contribution in [2.75, 3.05) is 39.6 Å². The first-order valence-electron chi connectivity index (χ1n) is 42.2. The van der Waals surface area contributed by atoms with Crippen LogP contribution in [0.5, 0.6) is 0 Å². The van der Waals surface area contributed by atoms with Crippen LogP contribution in [-0.4, -0.2) is 96.7 Å². The Morgan fingerprint density at radius 2 is 0.416 bits per heavy atom. The summed E-state index contributed by atoms with van der Waals surface area (Å²) < 4.78 is 68.7. The number of hydrogen-bond donors (Lipinski definition) is 3. The fourth-order valence-electron chi connectivity index (χ4n) is 12.6. The maximum Gasteiger partial charge on any atom is 0.472 e. The minimum atomic E-state index is -4.96. The van der Waals surface area contributed by atoms with E-state index in [2.05, 4.69) is 55.4 Å². The van der Waals surface area contributed by atoms with E-state index in [-0.39, 0.29) is 25.7 Å². The van der Waals surface area contributed by atoms with Crippen molar-refractivity contribution < 1.29 is 80.2 Å². The van der Waals surface area contributed by atoms with E-state index in [9.17, 15) is 43.2 Å². The Morgan fingerprint density at radius 1 is 0.248 bits per heavy atom. The van der Waals surface area contributed by atoms with Crippen LogP contribution in [0, 0.1) is 23.7 Å². The third-order valence-corrected chi connectivity index (χ3v) is 21.0. The normalized spacial score (nSPS) is 14.0. The lowest BCUT2D eigenvalue weighted by Gasteiger charge is -2.21. The molecule has 0 heterocycles. The molecule has 5 atom stereocenters. The molecule has 17 nitrogen and oxygen atoms in total. The van der Waals surface area contributed by atoms with Crippen LogP contribution in [0.25, 0.3) is 0 Å². The van der Waals surface area contributed by atoms with Gasteiger partial charge in [0.25, 0.3) is 0 Å². The maximum atomic E-state index is 13.1. The third-order valence-electron chi connectivity index (χ3n) is 19.1. The average molecular weight is 1480 g/mol. The van der Waals surface area contributed by atoms with Crippen LogP contribution < -0.4 is 0 Å². The van der Waals surface area contributed by atoms with Crippen molar-refractivity contribution in [1.82, 2.24) is 0 Å². The van der Waals surface area contributed by atoms with Gasteiger partial charge >= 0.3 is 39.5 Å². The van der Waals surface area contributed by atoms with Crippen molar-refractivity contribution >= 4 is 39.5 Å². The number of phosphoric ester groups is 2. The van der Waals surface area contributed by atoms with Gasteiger partial charge in [0.15, 0.2) is 12.2 Å². The molecule has 600 valence electrons. The van der Waals surface area contributed by atoms with Crippen molar-refractivity contribution in [3.8, 4) is 0 Å². The van der Waals surface area contributed by atoms with Gasteiger partial charge in [-0.1, -0.05) is 370 Å². The van der Waals surface area contributed by atoms with Gasteiger partial charge in [-0.05, 0) is 49.4 Å². The predicted molar refractivity (Wildman–Crippen MR) is 414 cm³/mol. The smallest absolute Gasteiger partial charge is 0.462 e. The van der Waals surface area contributed by atoms with Crippen LogP contribution in [0.3, 0.4) is 0 Å². The van der Waals surface area contributed by atoms with Gasteiger partial charge in [0.05, 0.1) is 26.4 Å². The van der Waals surface area contributed by atoms with Crippen LogP contribution in [0.15, 0.2) is 0 Å². The number of aliphatic hydroxyl groups excluding tert-OH is 1. The fourth-order valence-corrected chi connectivity index (χ4v) is 14.2. The van der Waals surface area contributed by atoms with Crippen molar-refractivity contribution in [2.24, 2.45) is 23.7 Å². The number of rotatable bonds is 79. The van der Waals surface area contributed by atoms with Crippen LogP contribution in [0.1, 0.15) is 421 Å². The lowest BCUT2D eigenvalue weighted by molar-refractivity contribution is -0.161. The van der Waals surface area contributed by atoms with Gasteiger partial charge in [-0.3, -0.25) is 37.3 Å². The summed E-state index contributed by atoms with van der Waals surface area (Å²) >= 11 is 0. The van der Waals surface area contributed by atoms with E-state index in [0.717, 1.165) is 114 Å².